The van der Waals surface area contributed by atoms with Gasteiger partial charge in [-0.3, -0.25) is 4.79 Å². The first-order valence-electron chi connectivity index (χ1n) is 5.56. The van der Waals surface area contributed by atoms with Crippen LogP contribution in [0.5, 0.6) is 5.75 Å². The van der Waals surface area contributed by atoms with Gasteiger partial charge in [0.15, 0.2) is 0 Å². The molecule has 0 unspecified atom stereocenters. The van der Waals surface area contributed by atoms with E-state index in [0.717, 1.165) is 12.8 Å². The molecule has 0 atom stereocenters. The largest absolute Gasteiger partial charge is 0.465 e. The van der Waals surface area contributed by atoms with E-state index in [2.05, 4.69) is 4.74 Å². The van der Waals surface area contributed by atoms with Crippen LogP contribution < -0.4 is 4.74 Å². The summed E-state index contributed by atoms with van der Waals surface area (Å²) in [7, 11) is 1.32. The van der Waals surface area contributed by atoms with Crippen LogP contribution in [0.15, 0.2) is 24.3 Å². The average molecular weight is 236 g/mol. The van der Waals surface area contributed by atoms with Crippen molar-refractivity contribution >= 4 is 11.9 Å². The van der Waals surface area contributed by atoms with Crippen molar-refractivity contribution in [2.24, 2.45) is 0 Å². The fourth-order valence-electron chi connectivity index (χ4n) is 1.28. The molecule has 0 bridgehead atoms. The molecule has 0 aliphatic rings. The molecule has 0 saturated carbocycles. The number of hydrogen-bond acceptors (Lipinski definition) is 4. The van der Waals surface area contributed by atoms with Crippen LogP contribution in [-0.4, -0.2) is 19.0 Å². The minimum atomic E-state index is -0.408. The lowest BCUT2D eigenvalue weighted by Gasteiger charge is -2.04. The van der Waals surface area contributed by atoms with E-state index in [1.165, 1.54) is 7.11 Å². The third-order valence-electron chi connectivity index (χ3n) is 2.24. The fraction of sp³-hybridized carbons (Fsp3) is 0.385. The van der Waals surface area contributed by atoms with E-state index < -0.39 is 5.97 Å². The summed E-state index contributed by atoms with van der Waals surface area (Å²) in [5.41, 5.74) is 0.431. The van der Waals surface area contributed by atoms with Crippen LogP contribution in [0.4, 0.5) is 0 Å². The zero-order chi connectivity index (χ0) is 12.7. The lowest BCUT2D eigenvalue weighted by Crippen LogP contribution is -2.07. The highest BCUT2D eigenvalue weighted by Gasteiger charge is 2.07. The lowest BCUT2D eigenvalue weighted by molar-refractivity contribution is -0.134. The highest BCUT2D eigenvalue weighted by Crippen LogP contribution is 2.14. The molecule has 0 aromatic heterocycles. The summed E-state index contributed by atoms with van der Waals surface area (Å²) in [6, 6.07) is 6.29. The van der Waals surface area contributed by atoms with E-state index in [-0.39, 0.29) is 5.97 Å². The van der Waals surface area contributed by atoms with Crippen LogP contribution in [0, 0.1) is 0 Å². The Hall–Kier alpha value is -1.84. The van der Waals surface area contributed by atoms with Crippen molar-refractivity contribution in [3.8, 4) is 5.75 Å². The van der Waals surface area contributed by atoms with E-state index in [1.54, 1.807) is 24.3 Å². The number of esters is 2. The van der Waals surface area contributed by atoms with Gasteiger partial charge >= 0.3 is 11.9 Å². The van der Waals surface area contributed by atoms with Gasteiger partial charge in [0.2, 0.25) is 0 Å². The second-order valence-corrected chi connectivity index (χ2v) is 3.59. The minimum Gasteiger partial charge on any atom is -0.465 e. The molecule has 0 aliphatic carbocycles. The smallest absolute Gasteiger partial charge is 0.337 e. The third-order valence-corrected chi connectivity index (χ3v) is 2.24. The number of rotatable bonds is 5. The zero-order valence-electron chi connectivity index (χ0n) is 10.1. The van der Waals surface area contributed by atoms with Crippen molar-refractivity contribution in [1.82, 2.24) is 0 Å². The molecular weight excluding hydrogens is 220 g/mol. The molecule has 4 heteroatoms. The highest BCUT2D eigenvalue weighted by atomic mass is 16.5. The Morgan fingerprint density at radius 3 is 2.35 bits per heavy atom. The summed E-state index contributed by atoms with van der Waals surface area (Å²) in [6.45, 7) is 2.01. The molecule has 92 valence electrons. The van der Waals surface area contributed by atoms with E-state index >= 15 is 0 Å². The third kappa shape index (κ3) is 4.26. The standard InChI is InChI=1S/C13H16O4/c1-3-4-5-12(14)17-11-8-6-10(7-9-11)13(15)16-2/h6-9H,3-5H2,1-2H3. The predicted molar refractivity (Wildman–Crippen MR) is 62.9 cm³/mol. The van der Waals surface area contributed by atoms with Gasteiger partial charge in [-0.2, -0.15) is 0 Å². The van der Waals surface area contributed by atoms with Crippen LogP contribution >= 0.6 is 0 Å². The zero-order valence-corrected chi connectivity index (χ0v) is 10.1. The Morgan fingerprint density at radius 2 is 1.82 bits per heavy atom. The van der Waals surface area contributed by atoms with Gasteiger partial charge < -0.3 is 9.47 Å². The van der Waals surface area contributed by atoms with Gasteiger partial charge in [0, 0.05) is 6.42 Å². The summed E-state index contributed by atoms with van der Waals surface area (Å²) in [4.78, 5) is 22.5. The molecule has 0 fully saturated rings. The first-order valence-corrected chi connectivity index (χ1v) is 5.56. The number of methoxy groups -OCH3 is 1. The van der Waals surface area contributed by atoms with Crippen LogP contribution in [0.25, 0.3) is 0 Å². The van der Waals surface area contributed by atoms with Crippen molar-refractivity contribution < 1.29 is 19.1 Å². The Bertz CT molecular complexity index is 381. The summed E-state index contributed by atoms with van der Waals surface area (Å²) in [5, 5.41) is 0. The monoisotopic (exact) mass is 236 g/mol. The number of unbranched alkanes of at least 4 members (excludes halogenated alkanes) is 1. The van der Waals surface area contributed by atoms with Gasteiger partial charge in [0.1, 0.15) is 5.75 Å². The minimum absolute atomic E-state index is 0.252. The molecule has 0 heterocycles. The van der Waals surface area contributed by atoms with Gasteiger partial charge in [-0.25, -0.2) is 4.79 Å². The highest BCUT2D eigenvalue weighted by molar-refractivity contribution is 5.89. The van der Waals surface area contributed by atoms with Gasteiger partial charge in [0.25, 0.3) is 0 Å². The second-order valence-electron chi connectivity index (χ2n) is 3.59. The fourth-order valence-corrected chi connectivity index (χ4v) is 1.28. The topological polar surface area (TPSA) is 52.6 Å². The first kappa shape index (κ1) is 13.2. The molecule has 1 aromatic carbocycles. The molecule has 0 amide bonds. The number of carbonyl (C=O) groups is 2. The van der Waals surface area contributed by atoms with Crippen molar-refractivity contribution in [2.75, 3.05) is 7.11 Å². The Balaban J connectivity index is 2.56. The van der Waals surface area contributed by atoms with Crippen molar-refractivity contribution in [3.05, 3.63) is 29.8 Å². The van der Waals surface area contributed by atoms with E-state index in [1.807, 2.05) is 6.92 Å². The number of carbonyl (C=O) groups excluding carboxylic acids is 2. The molecule has 0 spiro atoms. The molecule has 17 heavy (non-hydrogen) atoms. The number of hydrogen-bond donors (Lipinski definition) is 0. The summed E-state index contributed by atoms with van der Waals surface area (Å²) in [6.07, 6.45) is 2.19. The molecular formula is C13H16O4. The number of benzene rings is 1. The van der Waals surface area contributed by atoms with E-state index in [9.17, 15) is 9.59 Å². The quantitative estimate of drug-likeness (QED) is 0.582. The summed E-state index contributed by atoms with van der Waals surface area (Å²) in [5.74, 6) is -0.217. The van der Waals surface area contributed by atoms with Crippen molar-refractivity contribution in [2.45, 2.75) is 26.2 Å². The van der Waals surface area contributed by atoms with Gasteiger partial charge in [-0.15, -0.1) is 0 Å². The van der Waals surface area contributed by atoms with Crippen LogP contribution in [0.1, 0.15) is 36.5 Å². The van der Waals surface area contributed by atoms with Gasteiger partial charge in [-0.05, 0) is 30.7 Å². The maximum Gasteiger partial charge on any atom is 0.337 e. The molecule has 0 radical (unpaired) electrons. The molecule has 1 rings (SSSR count). The Morgan fingerprint density at radius 1 is 1.18 bits per heavy atom. The van der Waals surface area contributed by atoms with Crippen molar-refractivity contribution in [3.63, 3.8) is 0 Å². The molecule has 0 N–H and O–H groups in total. The van der Waals surface area contributed by atoms with E-state index in [4.69, 9.17) is 4.74 Å². The average Bonchev–Trinajstić information content (AvgIpc) is 2.36. The predicted octanol–water partition coefficient (Wildman–Crippen LogP) is 2.57. The second kappa shape index (κ2) is 6.68. The summed E-state index contributed by atoms with van der Waals surface area (Å²) >= 11 is 0. The van der Waals surface area contributed by atoms with Crippen LogP contribution in [0.2, 0.25) is 0 Å². The van der Waals surface area contributed by atoms with E-state index in [0.29, 0.717) is 17.7 Å². The normalized spacial score (nSPS) is 9.76. The SMILES string of the molecule is CCCCC(=O)Oc1ccc(C(=O)OC)cc1. The molecule has 4 nitrogen and oxygen atoms in total. The summed E-state index contributed by atoms with van der Waals surface area (Å²) < 4.78 is 9.66. The maximum atomic E-state index is 11.3. The van der Waals surface area contributed by atoms with Crippen molar-refractivity contribution in [1.29, 1.82) is 0 Å². The Kier molecular flexibility index (Phi) is 5.20. The van der Waals surface area contributed by atoms with Gasteiger partial charge in [-0.1, -0.05) is 13.3 Å². The molecule has 0 aliphatic heterocycles. The van der Waals surface area contributed by atoms with Gasteiger partial charge in [0.05, 0.1) is 12.7 Å². The molecule has 1 aromatic rings. The Labute approximate surface area is 101 Å². The lowest BCUT2D eigenvalue weighted by atomic mass is 10.2. The first-order chi connectivity index (χ1) is 8.17. The maximum absolute atomic E-state index is 11.3. The van der Waals surface area contributed by atoms with Crippen LogP contribution in [-0.2, 0) is 9.53 Å². The van der Waals surface area contributed by atoms with Crippen LogP contribution in [0.3, 0.4) is 0 Å². The molecule has 0 saturated heterocycles. The number of ether oxygens (including phenoxy) is 2.